The number of thiazole rings is 1. The van der Waals surface area contributed by atoms with Gasteiger partial charge in [0.25, 0.3) is 5.91 Å². The zero-order valence-corrected chi connectivity index (χ0v) is 15.2. The molecule has 0 spiro atoms. The van der Waals surface area contributed by atoms with Crippen molar-refractivity contribution < 1.29 is 4.79 Å². The Labute approximate surface area is 148 Å². The highest BCUT2D eigenvalue weighted by molar-refractivity contribution is 7.16. The highest BCUT2D eigenvalue weighted by atomic mass is 32.1. The number of primary amides is 1. The molecule has 24 heavy (non-hydrogen) atoms. The first-order chi connectivity index (χ1) is 11.5. The van der Waals surface area contributed by atoms with Gasteiger partial charge >= 0.3 is 0 Å². The van der Waals surface area contributed by atoms with E-state index >= 15 is 0 Å². The predicted octanol–water partition coefficient (Wildman–Crippen LogP) is 3.71. The van der Waals surface area contributed by atoms with Crippen LogP contribution in [0.4, 0.5) is 5.00 Å². The lowest BCUT2D eigenvalue weighted by atomic mass is 9.88. The summed E-state index contributed by atoms with van der Waals surface area (Å²) in [6, 6.07) is 2.15. The molecule has 2 aromatic heterocycles. The van der Waals surface area contributed by atoms with E-state index in [9.17, 15) is 10.1 Å². The number of nitrogens with one attached hydrogen (secondary N) is 1. The Hall–Kier alpha value is -2.17. The van der Waals surface area contributed by atoms with Crippen molar-refractivity contribution in [3.63, 3.8) is 0 Å². The van der Waals surface area contributed by atoms with Crippen molar-refractivity contribution >= 4 is 39.2 Å². The first-order valence-electron chi connectivity index (χ1n) is 7.73. The Kier molecular flexibility index (Phi) is 4.69. The summed E-state index contributed by atoms with van der Waals surface area (Å²) in [4.78, 5) is 17.5. The highest BCUT2D eigenvalue weighted by Gasteiger charge is 2.26. The van der Waals surface area contributed by atoms with Gasteiger partial charge in [-0.05, 0) is 37.7 Å². The molecule has 0 unspecified atom stereocenters. The third kappa shape index (κ3) is 3.21. The standard InChI is InChI=1S/C17H18N4OS2/c1-9-3-4-12-13(5-9)24-17(14(12)15(19)22)20-7-11(6-18)16-21-10(2)8-23-16/h7-9,20H,3-5H2,1-2H3,(H2,19,22)/b11-7+/t9-/m1/s1. The largest absolute Gasteiger partial charge is 0.365 e. The Bertz CT molecular complexity index is 857. The minimum absolute atomic E-state index is 0.415. The maximum atomic E-state index is 11.9. The van der Waals surface area contributed by atoms with Crippen LogP contribution in [0.2, 0.25) is 0 Å². The summed E-state index contributed by atoms with van der Waals surface area (Å²) < 4.78 is 0. The fourth-order valence-electron chi connectivity index (χ4n) is 2.87. The zero-order chi connectivity index (χ0) is 17.3. The molecule has 0 fully saturated rings. The second kappa shape index (κ2) is 6.75. The molecule has 3 rings (SSSR count). The van der Waals surface area contributed by atoms with Crippen LogP contribution in [-0.4, -0.2) is 10.9 Å². The number of carbonyl (C=O) groups is 1. The number of hydrogen-bond acceptors (Lipinski definition) is 6. The monoisotopic (exact) mass is 358 g/mol. The van der Waals surface area contributed by atoms with Crippen LogP contribution < -0.4 is 11.1 Å². The topological polar surface area (TPSA) is 91.8 Å². The second-order valence-corrected chi connectivity index (χ2v) is 7.99. The number of aromatic nitrogens is 1. The smallest absolute Gasteiger partial charge is 0.251 e. The van der Waals surface area contributed by atoms with Crippen molar-refractivity contribution in [2.24, 2.45) is 11.7 Å². The molecule has 1 amide bonds. The molecule has 7 heteroatoms. The molecule has 0 saturated carbocycles. The quantitative estimate of drug-likeness (QED) is 0.815. The fourth-order valence-corrected chi connectivity index (χ4v) is 5.02. The van der Waals surface area contributed by atoms with Crippen LogP contribution in [-0.2, 0) is 12.8 Å². The number of aryl methyl sites for hydroxylation is 1. The van der Waals surface area contributed by atoms with Crippen LogP contribution in [0.15, 0.2) is 11.6 Å². The number of allylic oxidation sites excluding steroid dienone is 1. The summed E-state index contributed by atoms with van der Waals surface area (Å²) in [5.74, 6) is 0.204. The van der Waals surface area contributed by atoms with E-state index in [1.165, 1.54) is 16.2 Å². The SMILES string of the molecule is Cc1csc(/C(C#N)=C/Nc2sc3c(c2C(N)=O)CC[C@@H](C)C3)n1. The van der Waals surface area contributed by atoms with E-state index in [1.807, 2.05) is 12.3 Å². The van der Waals surface area contributed by atoms with Gasteiger partial charge in [-0.15, -0.1) is 22.7 Å². The third-order valence-corrected chi connectivity index (χ3v) is 6.25. The predicted molar refractivity (Wildman–Crippen MR) is 98.1 cm³/mol. The summed E-state index contributed by atoms with van der Waals surface area (Å²) >= 11 is 2.99. The average molecular weight is 358 g/mol. The van der Waals surface area contributed by atoms with Gasteiger partial charge in [0.2, 0.25) is 0 Å². The van der Waals surface area contributed by atoms with Crippen LogP contribution in [0.25, 0.3) is 5.57 Å². The molecule has 0 aromatic carbocycles. The number of rotatable bonds is 4. The fraction of sp³-hybridized carbons (Fsp3) is 0.353. The van der Waals surface area contributed by atoms with E-state index in [-0.39, 0.29) is 0 Å². The molecule has 1 atom stereocenters. The summed E-state index contributed by atoms with van der Waals surface area (Å²) in [6.07, 6.45) is 4.54. The molecule has 0 saturated heterocycles. The van der Waals surface area contributed by atoms with Crippen LogP contribution >= 0.6 is 22.7 Å². The number of nitrogens with two attached hydrogens (primary N) is 1. The average Bonchev–Trinajstić information content (AvgIpc) is 3.11. The van der Waals surface area contributed by atoms with Gasteiger partial charge in [0, 0.05) is 22.2 Å². The molecule has 3 N–H and O–H groups in total. The number of anilines is 1. The minimum atomic E-state index is -0.415. The number of amides is 1. The van der Waals surface area contributed by atoms with Gasteiger partial charge in [-0.1, -0.05) is 6.92 Å². The Morgan fingerprint density at radius 1 is 1.58 bits per heavy atom. The van der Waals surface area contributed by atoms with Crippen molar-refractivity contribution in [3.05, 3.63) is 38.3 Å². The normalized spacial score (nSPS) is 17.2. The number of thiophene rings is 1. The van der Waals surface area contributed by atoms with Crippen molar-refractivity contribution in [1.82, 2.24) is 4.98 Å². The van der Waals surface area contributed by atoms with Gasteiger partial charge < -0.3 is 11.1 Å². The van der Waals surface area contributed by atoms with Crippen molar-refractivity contribution in [1.29, 1.82) is 5.26 Å². The van der Waals surface area contributed by atoms with Crippen molar-refractivity contribution in [2.75, 3.05) is 5.32 Å². The maximum Gasteiger partial charge on any atom is 0.251 e. The molecule has 0 bridgehead atoms. The first kappa shape index (κ1) is 16.7. The van der Waals surface area contributed by atoms with E-state index in [0.29, 0.717) is 22.1 Å². The van der Waals surface area contributed by atoms with Crippen molar-refractivity contribution in [3.8, 4) is 6.07 Å². The van der Waals surface area contributed by atoms with Gasteiger partial charge in [0.15, 0.2) is 0 Å². The Morgan fingerprint density at radius 2 is 2.38 bits per heavy atom. The van der Waals surface area contributed by atoms with E-state index in [2.05, 4.69) is 23.3 Å². The third-order valence-electron chi connectivity index (χ3n) is 4.08. The number of hydrogen-bond donors (Lipinski definition) is 2. The van der Waals surface area contributed by atoms with E-state index in [4.69, 9.17) is 5.73 Å². The number of carbonyl (C=O) groups excluding carboxylic acids is 1. The van der Waals surface area contributed by atoms with Gasteiger partial charge in [-0.25, -0.2) is 4.98 Å². The molecule has 2 aromatic rings. The second-order valence-electron chi connectivity index (χ2n) is 6.03. The van der Waals surface area contributed by atoms with E-state index < -0.39 is 5.91 Å². The molecule has 0 radical (unpaired) electrons. The summed E-state index contributed by atoms with van der Waals surface area (Å²) in [7, 11) is 0. The van der Waals surface area contributed by atoms with Gasteiger partial charge in [0.1, 0.15) is 21.7 Å². The first-order valence-corrected chi connectivity index (χ1v) is 9.42. The van der Waals surface area contributed by atoms with Gasteiger partial charge in [0.05, 0.1) is 5.56 Å². The van der Waals surface area contributed by atoms with E-state index in [0.717, 1.165) is 35.5 Å². The minimum Gasteiger partial charge on any atom is -0.365 e. The van der Waals surface area contributed by atoms with Crippen LogP contribution in [0.3, 0.4) is 0 Å². The molecule has 5 nitrogen and oxygen atoms in total. The summed E-state index contributed by atoms with van der Waals surface area (Å²) in [5, 5.41) is 15.8. The molecule has 1 aliphatic carbocycles. The van der Waals surface area contributed by atoms with Gasteiger partial charge in [-0.2, -0.15) is 5.26 Å². The molecule has 124 valence electrons. The summed E-state index contributed by atoms with van der Waals surface area (Å²) in [6.45, 7) is 4.11. The van der Waals surface area contributed by atoms with E-state index in [1.54, 1.807) is 17.5 Å². The lowest BCUT2D eigenvalue weighted by Gasteiger charge is -2.18. The zero-order valence-electron chi connectivity index (χ0n) is 13.5. The van der Waals surface area contributed by atoms with Crippen LogP contribution in [0.5, 0.6) is 0 Å². The lowest BCUT2D eigenvalue weighted by molar-refractivity contribution is 0.1000. The molecular formula is C17H18N4OS2. The van der Waals surface area contributed by atoms with Crippen LogP contribution in [0.1, 0.15) is 44.8 Å². The molecule has 0 aliphatic heterocycles. The van der Waals surface area contributed by atoms with Crippen LogP contribution in [0, 0.1) is 24.2 Å². The van der Waals surface area contributed by atoms with Gasteiger partial charge in [-0.3, -0.25) is 4.79 Å². The number of nitriles is 1. The Balaban J connectivity index is 1.94. The molecule has 1 aliphatic rings. The van der Waals surface area contributed by atoms with Crippen molar-refractivity contribution in [2.45, 2.75) is 33.1 Å². The summed E-state index contributed by atoms with van der Waals surface area (Å²) in [5.41, 5.74) is 8.58. The number of fused-ring (bicyclic) bond motifs is 1. The molecular weight excluding hydrogens is 340 g/mol. The number of nitrogens with zero attached hydrogens (tertiary/aromatic N) is 2. The maximum absolute atomic E-state index is 11.9. The Morgan fingerprint density at radius 3 is 3.00 bits per heavy atom. The molecule has 2 heterocycles. The lowest BCUT2D eigenvalue weighted by Crippen LogP contribution is -2.17. The highest BCUT2D eigenvalue weighted by Crippen LogP contribution is 2.39.